The van der Waals surface area contributed by atoms with Crippen LogP contribution in [0.5, 0.6) is 11.5 Å². The summed E-state index contributed by atoms with van der Waals surface area (Å²) in [7, 11) is -3.26. The first-order valence-corrected chi connectivity index (χ1v) is 17.7. The van der Waals surface area contributed by atoms with Crippen molar-refractivity contribution < 1.29 is 4.74 Å². The Morgan fingerprint density at radius 1 is 0.394 bits per heavy atom. The van der Waals surface area contributed by atoms with Crippen molar-refractivity contribution in [2.45, 2.75) is 116 Å². The van der Waals surface area contributed by atoms with Crippen molar-refractivity contribution in [3.8, 4) is 11.5 Å². The number of ether oxygens (including phenoxy) is 1. The van der Waals surface area contributed by atoms with E-state index >= 15 is 0 Å². The molecule has 0 heterocycles. The summed E-state index contributed by atoms with van der Waals surface area (Å²) in [4.78, 5) is 0. The molecular formula is C30H50OSi2. The van der Waals surface area contributed by atoms with Crippen molar-refractivity contribution in [3.05, 3.63) is 48.5 Å². The Kier molecular flexibility index (Phi) is 9.26. The molecule has 0 spiro atoms. The van der Waals surface area contributed by atoms with Crippen LogP contribution in [0.1, 0.15) is 83.1 Å². The number of hydrogen-bond acceptors (Lipinski definition) is 1. The molecule has 184 valence electrons. The lowest BCUT2D eigenvalue weighted by Crippen LogP contribution is -2.55. The van der Waals surface area contributed by atoms with E-state index in [9.17, 15) is 0 Å². The maximum absolute atomic E-state index is 6.31. The van der Waals surface area contributed by atoms with Gasteiger partial charge in [0.05, 0.1) is 16.1 Å². The summed E-state index contributed by atoms with van der Waals surface area (Å²) >= 11 is 0. The van der Waals surface area contributed by atoms with Gasteiger partial charge in [-0.25, -0.2) is 0 Å². The zero-order valence-electron chi connectivity index (χ0n) is 23.5. The smallest absolute Gasteiger partial charge is 0.127 e. The highest BCUT2D eigenvalue weighted by Gasteiger charge is 2.45. The van der Waals surface area contributed by atoms with Crippen molar-refractivity contribution in [1.29, 1.82) is 0 Å². The highest BCUT2D eigenvalue weighted by atomic mass is 28.3. The van der Waals surface area contributed by atoms with Crippen LogP contribution in [0, 0.1) is 0 Å². The molecule has 1 nitrogen and oxygen atoms in total. The summed E-state index contributed by atoms with van der Waals surface area (Å²) in [6, 6.07) is 18.2. The Labute approximate surface area is 207 Å². The van der Waals surface area contributed by atoms with Gasteiger partial charge in [0, 0.05) is 0 Å². The van der Waals surface area contributed by atoms with Crippen LogP contribution in [0.3, 0.4) is 0 Å². The van der Waals surface area contributed by atoms with Crippen LogP contribution in [-0.2, 0) is 0 Å². The molecule has 0 saturated carbocycles. The van der Waals surface area contributed by atoms with Crippen LogP contribution in [-0.4, -0.2) is 16.1 Å². The van der Waals surface area contributed by atoms with Crippen LogP contribution in [0.25, 0.3) is 0 Å². The molecule has 0 bridgehead atoms. The third-order valence-corrected chi connectivity index (χ3v) is 22.8. The van der Waals surface area contributed by atoms with Crippen molar-refractivity contribution in [1.82, 2.24) is 0 Å². The van der Waals surface area contributed by atoms with Gasteiger partial charge in [0.2, 0.25) is 0 Å². The highest BCUT2D eigenvalue weighted by Crippen LogP contribution is 2.42. The van der Waals surface area contributed by atoms with Gasteiger partial charge in [0.1, 0.15) is 11.5 Å². The van der Waals surface area contributed by atoms with Gasteiger partial charge < -0.3 is 4.74 Å². The first-order valence-electron chi connectivity index (χ1n) is 13.2. The Bertz CT molecular complexity index is 744. The molecule has 0 radical (unpaired) electrons. The van der Waals surface area contributed by atoms with Gasteiger partial charge in [-0.3, -0.25) is 0 Å². The van der Waals surface area contributed by atoms with E-state index in [4.69, 9.17) is 4.74 Å². The molecule has 0 amide bonds. The maximum atomic E-state index is 6.31. The summed E-state index contributed by atoms with van der Waals surface area (Å²) in [6.07, 6.45) is 0. The lowest BCUT2D eigenvalue weighted by molar-refractivity contribution is 0.483. The van der Waals surface area contributed by atoms with Crippen LogP contribution >= 0.6 is 0 Å². The average Bonchev–Trinajstić information content (AvgIpc) is 2.69. The Hall–Kier alpha value is -1.33. The molecular weight excluding hydrogens is 433 g/mol. The van der Waals surface area contributed by atoms with E-state index in [-0.39, 0.29) is 0 Å². The number of hydrogen-bond donors (Lipinski definition) is 0. The fourth-order valence-electron chi connectivity index (χ4n) is 7.76. The van der Waals surface area contributed by atoms with Gasteiger partial charge >= 0.3 is 0 Å². The van der Waals surface area contributed by atoms with Gasteiger partial charge in [-0.05, 0) is 57.5 Å². The van der Waals surface area contributed by atoms with E-state index < -0.39 is 16.1 Å². The SMILES string of the molecule is CC(C)[Si](c1ccc(Oc2ccc([Si](C(C)C)(C(C)C)C(C)C)cc2)cc1)(C(C)C)C(C)C. The van der Waals surface area contributed by atoms with Crippen molar-refractivity contribution in [2.24, 2.45) is 0 Å². The first-order chi connectivity index (χ1) is 15.3. The Morgan fingerprint density at radius 3 is 0.788 bits per heavy atom. The Morgan fingerprint density at radius 2 is 0.606 bits per heavy atom. The Balaban J connectivity index is 2.33. The van der Waals surface area contributed by atoms with Gasteiger partial charge in [-0.1, -0.05) is 118 Å². The largest absolute Gasteiger partial charge is 0.457 e. The van der Waals surface area contributed by atoms with Crippen molar-refractivity contribution in [2.75, 3.05) is 0 Å². The molecule has 0 saturated heterocycles. The minimum Gasteiger partial charge on any atom is -0.457 e. The fourth-order valence-corrected chi connectivity index (χ4v) is 21.2. The summed E-state index contributed by atoms with van der Waals surface area (Å²) in [5.74, 6) is 1.87. The normalized spacial score (nSPS) is 13.3. The summed E-state index contributed by atoms with van der Waals surface area (Å²) in [5, 5.41) is 3.12. The summed E-state index contributed by atoms with van der Waals surface area (Å²) in [6.45, 7) is 29.1. The second-order valence-electron chi connectivity index (χ2n) is 11.9. The molecule has 0 aliphatic rings. The average molecular weight is 483 g/mol. The highest BCUT2D eigenvalue weighted by molar-refractivity contribution is 6.95. The third kappa shape index (κ3) is 5.05. The van der Waals surface area contributed by atoms with Gasteiger partial charge in [-0.2, -0.15) is 0 Å². The fraction of sp³-hybridized carbons (Fsp3) is 0.600. The second-order valence-corrected chi connectivity index (χ2v) is 23.8. The topological polar surface area (TPSA) is 9.23 Å². The minimum atomic E-state index is -1.63. The van der Waals surface area contributed by atoms with E-state index in [1.807, 2.05) is 0 Å². The molecule has 2 aromatic rings. The molecule has 0 aliphatic heterocycles. The molecule has 0 N–H and O–H groups in total. The monoisotopic (exact) mass is 482 g/mol. The summed E-state index contributed by atoms with van der Waals surface area (Å²) < 4.78 is 6.31. The molecule has 33 heavy (non-hydrogen) atoms. The van der Waals surface area contributed by atoms with Crippen LogP contribution < -0.4 is 15.1 Å². The molecule has 0 fully saturated rings. The minimum absolute atomic E-state index is 0.712. The van der Waals surface area contributed by atoms with Crippen molar-refractivity contribution in [3.63, 3.8) is 0 Å². The first kappa shape index (κ1) is 27.9. The van der Waals surface area contributed by atoms with E-state index in [0.717, 1.165) is 11.5 Å². The molecule has 0 aliphatic carbocycles. The molecule has 2 aromatic carbocycles. The molecule has 0 atom stereocenters. The summed E-state index contributed by atoms with van der Waals surface area (Å²) in [5.41, 5.74) is 4.27. The lowest BCUT2D eigenvalue weighted by atomic mass is 10.3. The predicted octanol–water partition coefficient (Wildman–Crippen LogP) is 9.25. The maximum Gasteiger partial charge on any atom is 0.127 e. The van der Waals surface area contributed by atoms with Crippen LogP contribution in [0.4, 0.5) is 0 Å². The molecule has 0 unspecified atom stereocenters. The van der Waals surface area contributed by atoms with Crippen molar-refractivity contribution >= 4 is 26.5 Å². The molecule has 2 rings (SSSR count). The second kappa shape index (κ2) is 10.9. The van der Waals surface area contributed by atoms with E-state index in [1.165, 1.54) is 0 Å². The van der Waals surface area contributed by atoms with Gasteiger partial charge in [-0.15, -0.1) is 0 Å². The quantitative estimate of drug-likeness (QED) is 0.306. The van der Waals surface area contributed by atoms with E-state index in [0.29, 0.717) is 33.2 Å². The van der Waals surface area contributed by atoms with E-state index in [1.54, 1.807) is 10.4 Å². The lowest BCUT2D eigenvalue weighted by Gasteiger charge is -2.43. The molecule has 0 aromatic heterocycles. The van der Waals surface area contributed by atoms with Gasteiger partial charge in [0.15, 0.2) is 0 Å². The number of benzene rings is 2. The number of rotatable bonds is 10. The van der Waals surface area contributed by atoms with E-state index in [2.05, 4.69) is 132 Å². The zero-order valence-corrected chi connectivity index (χ0v) is 25.5. The standard InChI is InChI=1S/C30H50OSi2/c1-21(2)32(22(3)4,23(5)6)29-17-13-27(14-18-29)31-28-15-19-30(20-16-28)33(24(7)8,25(9)10)26(11)12/h13-26H,1-12H3. The van der Waals surface area contributed by atoms with Gasteiger partial charge in [0.25, 0.3) is 0 Å². The zero-order chi connectivity index (χ0) is 25.1. The third-order valence-electron chi connectivity index (χ3n) is 8.68. The predicted molar refractivity (Wildman–Crippen MR) is 154 cm³/mol. The van der Waals surface area contributed by atoms with Crippen LogP contribution in [0.2, 0.25) is 33.2 Å². The van der Waals surface area contributed by atoms with Crippen LogP contribution in [0.15, 0.2) is 48.5 Å². The molecule has 3 heteroatoms.